The van der Waals surface area contributed by atoms with Crippen LogP contribution in [0.25, 0.3) is 10.9 Å². The normalized spacial score (nSPS) is 23.0. The summed E-state index contributed by atoms with van der Waals surface area (Å²) in [5.74, 6) is -0.0938. The number of rotatable bonds is 1. The molecule has 136 valence electrons. The zero-order chi connectivity index (χ0) is 18.3. The van der Waals surface area contributed by atoms with Crippen LogP contribution in [0.1, 0.15) is 29.6 Å². The van der Waals surface area contributed by atoms with E-state index in [0.717, 1.165) is 12.8 Å². The highest BCUT2D eigenvalue weighted by atomic mass is 16.6. The van der Waals surface area contributed by atoms with Crippen molar-refractivity contribution in [3.63, 3.8) is 0 Å². The van der Waals surface area contributed by atoms with Gasteiger partial charge in [0, 0.05) is 32.1 Å². The topological polar surface area (TPSA) is 93.5 Å². The number of benzene rings is 1. The average Bonchev–Trinajstić information content (AvgIpc) is 2.88. The Balaban J connectivity index is 1.56. The summed E-state index contributed by atoms with van der Waals surface area (Å²) in [5, 5.41) is 3.20. The van der Waals surface area contributed by atoms with E-state index in [2.05, 4.69) is 10.3 Å². The van der Waals surface area contributed by atoms with Gasteiger partial charge in [0.1, 0.15) is 5.60 Å². The Bertz CT molecular complexity index is 954. The Hall–Kier alpha value is -2.90. The number of carbonyl (C=O) groups excluding carboxylic acids is 2. The lowest BCUT2D eigenvalue weighted by Crippen LogP contribution is -2.36. The first kappa shape index (κ1) is 16.6. The largest absolute Gasteiger partial charge is 0.441 e. The summed E-state index contributed by atoms with van der Waals surface area (Å²) in [7, 11) is 1.64. The number of amides is 2. The van der Waals surface area contributed by atoms with Crippen LogP contribution in [0.5, 0.6) is 0 Å². The standard InChI is InChI=1S/C18H20N4O4/c1-21-11-20-14-9-12(3-4-13(14)16(21)24)15(23)22-7-2-5-18(6-8-22)10-19-17(25)26-18/h3-4,9,11H,2,5-8,10H2,1H3,(H,19,25)/t18-/m1/s1. The number of ether oxygens (including phenoxy) is 1. The van der Waals surface area contributed by atoms with Gasteiger partial charge in [-0.3, -0.25) is 9.59 Å². The van der Waals surface area contributed by atoms with Gasteiger partial charge in [0.05, 0.1) is 23.8 Å². The van der Waals surface area contributed by atoms with Crippen molar-refractivity contribution in [1.82, 2.24) is 19.8 Å². The number of nitrogens with one attached hydrogen (secondary N) is 1. The minimum absolute atomic E-state index is 0.0938. The van der Waals surface area contributed by atoms with Crippen molar-refractivity contribution >= 4 is 22.9 Å². The fourth-order valence-corrected chi connectivity index (χ4v) is 3.68. The number of likely N-dealkylation sites (tertiary alicyclic amines) is 1. The molecule has 8 nitrogen and oxygen atoms in total. The molecule has 2 saturated heterocycles. The lowest BCUT2D eigenvalue weighted by Gasteiger charge is -2.25. The summed E-state index contributed by atoms with van der Waals surface area (Å²) in [6, 6.07) is 4.99. The molecule has 26 heavy (non-hydrogen) atoms. The third-order valence-corrected chi connectivity index (χ3v) is 5.21. The lowest BCUT2D eigenvalue weighted by molar-refractivity contribution is 0.0438. The van der Waals surface area contributed by atoms with Gasteiger partial charge in [0.25, 0.3) is 11.5 Å². The second-order valence-electron chi connectivity index (χ2n) is 6.96. The molecule has 1 aromatic heterocycles. The number of alkyl carbamates (subject to hydrolysis) is 1. The van der Waals surface area contributed by atoms with Gasteiger partial charge < -0.3 is 19.5 Å². The molecule has 8 heteroatoms. The second kappa shape index (κ2) is 6.12. The fraction of sp³-hybridized carbons (Fsp3) is 0.444. The Kier molecular flexibility index (Phi) is 3.90. The molecule has 0 bridgehead atoms. The van der Waals surface area contributed by atoms with Crippen LogP contribution in [0.3, 0.4) is 0 Å². The van der Waals surface area contributed by atoms with Crippen molar-refractivity contribution in [2.75, 3.05) is 19.6 Å². The summed E-state index contributed by atoms with van der Waals surface area (Å²) in [6.07, 6.45) is 3.20. The van der Waals surface area contributed by atoms with Crippen LogP contribution >= 0.6 is 0 Å². The molecule has 0 unspecified atom stereocenters. The van der Waals surface area contributed by atoms with E-state index in [-0.39, 0.29) is 17.6 Å². The molecule has 1 atom stereocenters. The minimum atomic E-state index is -0.497. The zero-order valence-corrected chi connectivity index (χ0v) is 14.5. The molecule has 1 aromatic carbocycles. The number of hydrogen-bond donors (Lipinski definition) is 1. The smallest absolute Gasteiger partial charge is 0.407 e. The van der Waals surface area contributed by atoms with Crippen molar-refractivity contribution in [1.29, 1.82) is 0 Å². The molecule has 2 aliphatic rings. The summed E-state index contributed by atoms with van der Waals surface area (Å²) in [4.78, 5) is 42.4. The highest BCUT2D eigenvalue weighted by Gasteiger charge is 2.41. The monoisotopic (exact) mass is 356 g/mol. The van der Waals surface area contributed by atoms with Gasteiger partial charge in [-0.2, -0.15) is 0 Å². The number of hydrogen-bond acceptors (Lipinski definition) is 5. The van der Waals surface area contributed by atoms with Crippen LogP contribution < -0.4 is 10.9 Å². The molecule has 0 saturated carbocycles. The SMILES string of the molecule is Cn1cnc2cc(C(=O)N3CCC[C@@]4(CC3)CNC(=O)O4)ccc2c1=O. The summed E-state index contributed by atoms with van der Waals surface area (Å²) < 4.78 is 6.86. The Morgan fingerprint density at radius 1 is 1.27 bits per heavy atom. The fourth-order valence-electron chi connectivity index (χ4n) is 3.68. The molecule has 2 aliphatic heterocycles. The number of nitrogens with zero attached hydrogens (tertiary/aromatic N) is 3. The molecule has 3 heterocycles. The summed E-state index contributed by atoms with van der Waals surface area (Å²) in [5.41, 5.74) is 0.389. The van der Waals surface area contributed by atoms with E-state index in [0.29, 0.717) is 42.5 Å². The Morgan fingerprint density at radius 2 is 2.12 bits per heavy atom. The lowest BCUT2D eigenvalue weighted by atomic mass is 9.95. The highest BCUT2D eigenvalue weighted by molar-refractivity contribution is 5.97. The molecule has 2 fully saturated rings. The first-order valence-electron chi connectivity index (χ1n) is 8.69. The maximum Gasteiger partial charge on any atom is 0.407 e. The maximum absolute atomic E-state index is 12.9. The summed E-state index contributed by atoms with van der Waals surface area (Å²) in [6.45, 7) is 1.63. The molecule has 0 aliphatic carbocycles. The first-order valence-corrected chi connectivity index (χ1v) is 8.69. The van der Waals surface area contributed by atoms with Gasteiger partial charge in [0.2, 0.25) is 0 Å². The minimum Gasteiger partial charge on any atom is -0.441 e. The van der Waals surface area contributed by atoms with Crippen molar-refractivity contribution in [3.8, 4) is 0 Å². The molecule has 4 rings (SSSR count). The predicted molar refractivity (Wildman–Crippen MR) is 94.0 cm³/mol. The van der Waals surface area contributed by atoms with E-state index >= 15 is 0 Å². The van der Waals surface area contributed by atoms with Gasteiger partial charge in [-0.15, -0.1) is 0 Å². The van der Waals surface area contributed by atoms with E-state index in [1.807, 2.05) is 0 Å². The van der Waals surface area contributed by atoms with Gasteiger partial charge in [0.15, 0.2) is 0 Å². The van der Waals surface area contributed by atoms with E-state index in [4.69, 9.17) is 4.74 Å². The number of fused-ring (bicyclic) bond motifs is 1. The van der Waals surface area contributed by atoms with E-state index in [1.54, 1.807) is 30.1 Å². The molecular formula is C18H20N4O4. The molecule has 2 aromatic rings. The van der Waals surface area contributed by atoms with E-state index in [9.17, 15) is 14.4 Å². The molecule has 1 N–H and O–H groups in total. The third-order valence-electron chi connectivity index (χ3n) is 5.21. The Labute approximate surface area is 149 Å². The predicted octanol–water partition coefficient (Wildman–Crippen LogP) is 1.04. The van der Waals surface area contributed by atoms with E-state index in [1.165, 1.54) is 10.9 Å². The Morgan fingerprint density at radius 3 is 2.88 bits per heavy atom. The van der Waals surface area contributed by atoms with Crippen molar-refractivity contribution in [2.24, 2.45) is 7.05 Å². The van der Waals surface area contributed by atoms with Crippen LogP contribution in [0.2, 0.25) is 0 Å². The van der Waals surface area contributed by atoms with Crippen molar-refractivity contribution < 1.29 is 14.3 Å². The number of carbonyl (C=O) groups is 2. The van der Waals surface area contributed by atoms with Crippen LogP contribution in [0, 0.1) is 0 Å². The molecule has 0 radical (unpaired) electrons. The van der Waals surface area contributed by atoms with Crippen molar-refractivity contribution in [2.45, 2.75) is 24.9 Å². The van der Waals surface area contributed by atoms with Crippen LogP contribution in [-0.2, 0) is 11.8 Å². The summed E-state index contributed by atoms with van der Waals surface area (Å²) >= 11 is 0. The first-order chi connectivity index (χ1) is 12.5. The number of aryl methyl sites for hydroxylation is 1. The van der Waals surface area contributed by atoms with E-state index < -0.39 is 5.60 Å². The van der Waals surface area contributed by atoms with Crippen LogP contribution in [-0.4, -0.2) is 51.7 Å². The van der Waals surface area contributed by atoms with Gasteiger partial charge in [-0.05, 0) is 31.0 Å². The van der Waals surface area contributed by atoms with Gasteiger partial charge in [-0.1, -0.05) is 0 Å². The highest BCUT2D eigenvalue weighted by Crippen LogP contribution is 2.29. The number of aromatic nitrogens is 2. The molecule has 1 spiro atoms. The second-order valence-corrected chi connectivity index (χ2v) is 6.96. The quantitative estimate of drug-likeness (QED) is 0.824. The van der Waals surface area contributed by atoms with Crippen LogP contribution in [0.4, 0.5) is 4.79 Å². The van der Waals surface area contributed by atoms with Crippen LogP contribution in [0.15, 0.2) is 29.3 Å². The zero-order valence-electron chi connectivity index (χ0n) is 14.5. The van der Waals surface area contributed by atoms with Gasteiger partial charge >= 0.3 is 6.09 Å². The third kappa shape index (κ3) is 2.81. The average molecular weight is 356 g/mol. The van der Waals surface area contributed by atoms with Crippen molar-refractivity contribution in [3.05, 3.63) is 40.4 Å². The van der Waals surface area contributed by atoms with Gasteiger partial charge in [-0.25, -0.2) is 9.78 Å². The molecular weight excluding hydrogens is 336 g/mol. The molecule has 2 amide bonds. The maximum atomic E-state index is 12.9.